The molecular weight excluding hydrogens is 297 g/mol. The average molecular weight is 310 g/mol. The fraction of sp³-hybridized carbons (Fsp3) is 0.214. The van der Waals surface area contributed by atoms with Gasteiger partial charge in [0.1, 0.15) is 11.8 Å². The maximum Gasteiger partial charge on any atom is 0.152 e. The highest BCUT2D eigenvalue weighted by Crippen LogP contribution is 2.34. The number of nitrogens with one attached hydrogen (secondary N) is 1. The Morgan fingerprint density at radius 3 is 2.40 bits per heavy atom. The molecule has 0 aliphatic carbocycles. The smallest absolute Gasteiger partial charge is 0.152 e. The number of nitrogens with zero attached hydrogens (tertiary/aromatic N) is 2. The molecule has 1 aromatic carbocycles. The van der Waals surface area contributed by atoms with Crippen molar-refractivity contribution in [1.82, 2.24) is 4.57 Å². The highest BCUT2D eigenvalue weighted by atomic mass is 35.5. The third kappa shape index (κ3) is 2.69. The Morgan fingerprint density at radius 1 is 1.30 bits per heavy atom. The van der Waals surface area contributed by atoms with Crippen molar-refractivity contribution in [2.75, 3.05) is 5.32 Å². The molecule has 104 valence electrons. The molecule has 1 aromatic heterocycles. The maximum atomic E-state index is 9.50. The first-order valence-corrected chi connectivity index (χ1v) is 6.66. The van der Waals surface area contributed by atoms with Crippen molar-refractivity contribution in [2.24, 2.45) is 7.05 Å². The van der Waals surface area contributed by atoms with Crippen LogP contribution >= 0.6 is 23.2 Å². The van der Waals surface area contributed by atoms with E-state index in [1.165, 1.54) is 0 Å². The molecule has 0 aliphatic rings. The number of anilines is 1. The van der Waals surface area contributed by atoms with Gasteiger partial charge < -0.3 is 15.0 Å². The Balaban J connectivity index is 2.20. The van der Waals surface area contributed by atoms with Gasteiger partial charge in [0.05, 0.1) is 10.0 Å². The number of hydrogen-bond acceptors (Lipinski definition) is 3. The van der Waals surface area contributed by atoms with Crippen LogP contribution in [0.1, 0.15) is 17.0 Å². The molecule has 2 aromatic rings. The van der Waals surface area contributed by atoms with E-state index < -0.39 is 0 Å². The largest absolute Gasteiger partial charge is 0.505 e. The lowest BCUT2D eigenvalue weighted by atomic mass is 10.2. The number of halogens is 2. The summed E-state index contributed by atoms with van der Waals surface area (Å²) in [5.41, 5.74) is 3.36. The zero-order chi connectivity index (χ0) is 14.9. The summed E-state index contributed by atoms with van der Waals surface area (Å²) in [7, 11) is 1.85. The fourth-order valence-electron chi connectivity index (χ4n) is 1.91. The van der Waals surface area contributed by atoms with E-state index in [1.807, 2.05) is 24.6 Å². The standard InChI is InChI=1S/C14H13Cl2N3O/c1-8-9(3-11(6-17)19(8)2)7-18-10-4-12(15)14(20)13(16)5-10/h3-5,18,20H,7H2,1-2H3. The predicted octanol–water partition coefficient (Wildman–Crippen LogP) is 3.83. The van der Waals surface area contributed by atoms with E-state index in [0.29, 0.717) is 17.9 Å². The predicted molar refractivity (Wildman–Crippen MR) is 80.3 cm³/mol. The number of aromatic nitrogens is 1. The Hall–Kier alpha value is -1.83. The molecule has 6 heteroatoms. The van der Waals surface area contributed by atoms with Gasteiger partial charge >= 0.3 is 0 Å². The van der Waals surface area contributed by atoms with Crippen LogP contribution in [0.2, 0.25) is 10.0 Å². The van der Waals surface area contributed by atoms with Gasteiger partial charge in [-0.2, -0.15) is 5.26 Å². The number of hydrogen-bond donors (Lipinski definition) is 2. The first kappa shape index (κ1) is 14.6. The van der Waals surface area contributed by atoms with E-state index in [4.69, 9.17) is 28.5 Å². The normalized spacial score (nSPS) is 10.3. The van der Waals surface area contributed by atoms with Gasteiger partial charge in [-0.25, -0.2) is 0 Å². The summed E-state index contributed by atoms with van der Waals surface area (Å²) in [5.74, 6) is -0.124. The van der Waals surface area contributed by atoms with Gasteiger partial charge in [-0.05, 0) is 30.7 Å². The second-order valence-electron chi connectivity index (χ2n) is 4.45. The van der Waals surface area contributed by atoms with E-state index in [1.54, 1.807) is 12.1 Å². The number of benzene rings is 1. The van der Waals surface area contributed by atoms with Gasteiger partial charge in [0.25, 0.3) is 0 Å². The molecule has 0 radical (unpaired) electrons. The summed E-state index contributed by atoms with van der Waals surface area (Å²) < 4.78 is 1.84. The minimum atomic E-state index is -0.124. The lowest BCUT2D eigenvalue weighted by Gasteiger charge is -2.09. The summed E-state index contributed by atoms with van der Waals surface area (Å²) in [6.07, 6.45) is 0. The van der Waals surface area contributed by atoms with Crippen molar-refractivity contribution in [2.45, 2.75) is 13.5 Å². The van der Waals surface area contributed by atoms with E-state index >= 15 is 0 Å². The van der Waals surface area contributed by atoms with Crippen molar-refractivity contribution in [1.29, 1.82) is 5.26 Å². The molecule has 20 heavy (non-hydrogen) atoms. The molecule has 1 heterocycles. The van der Waals surface area contributed by atoms with Crippen LogP contribution in [0.15, 0.2) is 18.2 Å². The fourth-order valence-corrected chi connectivity index (χ4v) is 2.40. The second kappa shape index (κ2) is 5.66. The van der Waals surface area contributed by atoms with E-state index in [9.17, 15) is 5.11 Å². The minimum absolute atomic E-state index is 0.124. The molecule has 0 bridgehead atoms. The quantitative estimate of drug-likeness (QED) is 0.847. The van der Waals surface area contributed by atoms with Crippen LogP contribution in [0.5, 0.6) is 5.75 Å². The average Bonchev–Trinajstić information content (AvgIpc) is 2.69. The summed E-state index contributed by atoms with van der Waals surface area (Å²) >= 11 is 11.7. The van der Waals surface area contributed by atoms with Crippen molar-refractivity contribution < 1.29 is 5.11 Å². The highest BCUT2D eigenvalue weighted by molar-refractivity contribution is 6.37. The third-order valence-corrected chi connectivity index (χ3v) is 3.83. The lowest BCUT2D eigenvalue weighted by Crippen LogP contribution is -2.01. The Kier molecular flexibility index (Phi) is 4.12. The summed E-state index contributed by atoms with van der Waals surface area (Å²) in [6, 6.07) is 7.19. The van der Waals surface area contributed by atoms with Crippen LogP contribution in [-0.2, 0) is 13.6 Å². The van der Waals surface area contributed by atoms with Crippen LogP contribution in [0.3, 0.4) is 0 Å². The third-order valence-electron chi connectivity index (χ3n) is 3.25. The minimum Gasteiger partial charge on any atom is -0.505 e. The molecule has 0 atom stereocenters. The molecular formula is C14H13Cl2N3O. The monoisotopic (exact) mass is 309 g/mol. The van der Waals surface area contributed by atoms with Crippen LogP contribution < -0.4 is 5.32 Å². The van der Waals surface area contributed by atoms with Crippen molar-refractivity contribution >= 4 is 28.9 Å². The molecule has 4 nitrogen and oxygen atoms in total. The van der Waals surface area contributed by atoms with Gasteiger partial charge in [-0.15, -0.1) is 0 Å². The molecule has 2 N–H and O–H groups in total. The van der Waals surface area contributed by atoms with Crippen LogP contribution in [0.4, 0.5) is 5.69 Å². The Morgan fingerprint density at radius 2 is 1.90 bits per heavy atom. The summed E-state index contributed by atoms with van der Waals surface area (Å²) in [5, 5.41) is 22.1. The SMILES string of the molecule is Cc1c(CNc2cc(Cl)c(O)c(Cl)c2)cc(C#N)n1C. The molecule has 2 rings (SSSR count). The summed E-state index contributed by atoms with van der Waals surface area (Å²) in [6.45, 7) is 2.49. The lowest BCUT2D eigenvalue weighted by molar-refractivity contribution is 0.476. The number of rotatable bonds is 3. The van der Waals surface area contributed by atoms with E-state index in [0.717, 1.165) is 11.3 Å². The molecule has 0 saturated heterocycles. The van der Waals surface area contributed by atoms with Gasteiger partial charge in [-0.1, -0.05) is 23.2 Å². The van der Waals surface area contributed by atoms with Crippen LogP contribution in [-0.4, -0.2) is 9.67 Å². The van der Waals surface area contributed by atoms with Crippen molar-refractivity contribution in [3.8, 4) is 11.8 Å². The van der Waals surface area contributed by atoms with Crippen LogP contribution in [0.25, 0.3) is 0 Å². The van der Waals surface area contributed by atoms with Crippen molar-refractivity contribution in [3.63, 3.8) is 0 Å². The van der Waals surface area contributed by atoms with Gasteiger partial charge in [-0.3, -0.25) is 0 Å². The number of phenols is 1. The van der Waals surface area contributed by atoms with Gasteiger partial charge in [0, 0.05) is 25.0 Å². The first-order chi connectivity index (χ1) is 9.43. The molecule has 0 unspecified atom stereocenters. The molecule has 0 aliphatic heterocycles. The molecule has 0 saturated carbocycles. The molecule has 0 amide bonds. The van der Waals surface area contributed by atoms with Gasteiger partial charge in [0.15, 0.2) is 5.75 Å². The zero-order valence-electron chi connectivity index (χ0n) is 11.0. The molecule has 0 spiro atoms. The second-order valence-corrected chi connectivity index (χ2v) is 5.27. The zero-order valence-corrected chi connectivity index (χ0v) is 12.5. The van der Waals surface area contributed by atoms with Crippen molar-refractivity contribution in [3.05, 3.63) is 45.2 Å². The van der Waals surface area contributed by atoms with E-state index in [2.05, 4.69) is 11.4 Å². The highest BCUT2D eigenvalue weighted by Gasteiger charge is 2.10. The maximum absolute atomic E-state index is 9.50. The Bertz CT molecular complexity index is 678. The van der Waals surface area contributed by atoms with E-state index in [-0.39, 0.29) is 15.8 Å². The topological polar surface area (TPSA) is 61.0 Å². The van der Waals surface area contributed by atoms with Crippen LogP contribution in [0, 0.1) is 18.3 Å². The molecule has 0 fully saturated rings. The summed E-state index contributed by atoms with van der Waals surface area (Å²) in [4.78, 5) is 0. The first-order valence-electron chi connectivity index (χ1n) is 5.91. The number of phenolic OH excluding ortho intramolecular Hbond substituents is 1. The van der Waals surface area contributed by atoms with Gasteiger partial charge in [0.2, 0.25) is 0 Å². The Labute approximate surface area is 127 Å². The number of nitriles is 1. The number of aromatic hydroxyl groups is 1.